The lowest BCUT2D eigenvalue weighted by molar-refractivity contribution is 0.183. The molecular weight excluding hydrogens is 247 g/mol. The van der Waals surface area contributed by atoms with Crippen LogP contribution in [0.2, 0.25) is 5.02 Å². The van der Waals surface area contributed by atoms with Crippen LogP contribution in [0.15, 0.2) is 12.3 Å². The second-order valence-electron chi connectivity index (χ2n) is 3.42. The van der Waals surface area contributed by atoms with Gasteiger partial charge in [0.15, 0.2) is 0 Å². The highest BCUT2D eigenvalue weighted by Gasteiger charge is 2.10. The third kappa shape index (κ3) is 3.51. The summed E-state index contributed by atoms with van der Waals surface area (Å²) in [5.74, 6) is 0.612. The van der Waals surface area contributed by atoms with Gasteiger partial charge in [-0.1, -0.05) is 17.7 Å². The first-order valence-electron chi connectivity index (χ1n) is 5.14. The lowest BCUT2D eigenvalue weighted by Crippen LogP contribution is -2.08. The zero-order valence-corrected chi connectivity index (χ0v) is 11.1. The Bertz CT molecular complexity index is 361. The van der Waals surface area contributed by atoms with E-state index < -0.39 is 0 Å². The van der Waals surface area contributed by atoms with Crippen LogP contribution >= 0.6 is 23.2 Å². The van der Waals surface area contributed by atoms with Gasteiger partial charge < -0.3 is 4.74 Å². The van der Waals surface area contributed by atoms with Crippen LogP contribution in [0.4, 0.5) is 0 Å². The highest BCUT2D eigenvalue weighted by atomic mass is 35.5. The summed E-state index contributed by atoms with van der Waals surface area (Å²) in [7, 11) is 1.67. The molecule has 1 aromatic heterocycles. The van der Waals surface area contributed by atoms with Gasteiger partial charge in [0.1, 0.15) is 0 Å². The number of allylic oxidation sites excluding steroid dienone is 2. The lowest BCUT2D eigenvalue weighted by atomic mass is 10.2. The monoisotopic (exact) mass is 262 g/mol. The van der Waals surface area contributed by atoms with Crippen molar-refractivity contribution in [1.82, 2.24) is 9.78 Å². The van der Waals surface area contributed by atoms with E-state index in [1.54, 1.807) is 13.3 Å². The Labute approximate surface area is 106 Å². The van der Waals surface area contributed by atoms with E-state index in [4.69, 9.17) is 27.9 Å². The number of nitrogens with zero attached hydrogens (tertiary/aromatic N) is 2. The normalized spacial score (nSPS) is 12.1. The van der Waals surface area contributed by atoms with Crippen LogP contribution in [0.1, 0.15) is 19.0 Å². The van der Waals surface area contributed by atoms with E-state index in [1.807, 2.05) is 11.6 Å². The van der Waals surface area contributed by atoms with Crippen LogP contribution in [0, 0.1) is 0 Å². The minimum atomic E-state index is 0.612. The molecule has 0 bridgehead atoms. The van der Waals surface area contributed by atoms with Crippen molar-refractivity contribution < 1.29 is 4.74 Å². The van der Waals surface area contributed by atoms with Crippen molar-refractivity contribution in [3.8, 4) is 0 Å². The molecule has 1 rings (SSSR count). The number of ether oxygens (including phenoxy) is 1. The molecule has 0 atom stereocenters. The summed E-state index contributed by atoms with van der Waals surface area (Å²) in [6.07, 6.45) is 4.56. The first kappa shape index (κ1) is 13.6. The Morgan fingerprint density at radius 1 is 1.62 bits per heavy atom. The molecule has 0 aliphatic rings. The summed E-state index contributed by atoms with van der Waals surface area (Å²) < 4.78 is 6.88. The van der Waals surface area contributed by atoms with Crippen molar-refractivity contribution in [3.63, 3.8) is 0 Å². The van der Waals surface area contributed by atoms with E-state index in [0.717, 1.165) is 17.7 Å². The quantitative estimate of drug-likeness (QED) is 0.737. The molecule has 0 aliphatic carbocycles. The molecule has 0 amide bonds. The highest BCUT2D eigenvalue weighted by Crippen LogP contribution is 2.23. The minimum absolute atomic E-state index is 0.612. The van der Waals surface area contributed by atoms with Gasteiger partial charge in [0, 0.05) is 13.0 Å². The second-order valence-corrected chi connectivity index (χ2v) is 4.21. The van der Waals surface area contributed by atoms with Crippen molar-refractivity contribution in [2.24, 2.45) is 0 Å². The number of rotatable bonds is 6. The van der Waals surface area contributed by atoms with Gasteiger partial charge in [-0.3, -0.25) is 4.68 Å². The van der Waals surface area contributed by atoms with E-state index in [9.17, 15) is 0 Å². The first-order chi connectivity index (χ1) is 7.70. The van der Waals surface area contributed by atoms with Crippen LogP contribution in [-0.2, 0) is 11.3 Å². The van der Waals surface area contributed by atoms with Crippen molar-refractivity contribution in [2.75, 3.05) is 19.6 Å². The zero-order valence-electron chi connectivity index (χ0n) is 9.54. The number of methoxy groups -OCH3 is 1. The molecule has 0 N–H and O–H groups in total. The summed E-state index contributed by atoms with van der Waals surface area (Å²) in [5.41, 5.74) is 2.04. The van der Waals surface area contributed by atoms with Crippen molar-refractivity contribution in [2.45, 2.75) is 19.9 Å². The molecule has 0 saturated heterocycles. The van der Waals surface area contributed by atoms with Gasteiger partial charge >= 0.3 is 0 Å². The van der Waals surface area contributed by atoms with Crippen LogP contribution in [0.3, 0.4) is 0 Å². The Hall–Kier alpha value is -0.510. The Morgan fingerprint density at radius 2 is 2.38 bits per heavy atom. The zero-order chi connectivity index (χ0) is 12.0. The van der Waals surface area contributed by atoms with Gasteiger partial charge in [0.2, 0.25) is 0 Å². The third-order valence-electron chi connectivity index (χ3n) is 2.24. The molecule has 90 valence electrons. The fraction of sp³-hybridized carbons (Fsp3) is 0.545. The summed E-state index contributed by atoms with van der Waals surface area (Å²) in [6, 6.07) is 0. The average Bonchev–Trinajstić information content (AvgIpc) is 2.64. The largest absolute Gasteiger partial charge is 0.383 e. The van der Waals surface area contributed by atoms with Crippen LogP contribution < -0.4 is 0 Å². The molecule has 1 aromatic rings. The van der Waals surface area contributed by atoms with Crippen LogP contribution in [-0.4, -0.2) is 29.4 Å². The van der Waals surface area contributed by atoms with Gasteiger partial charge in [-0.05, 0) is 18.9 Å². The number of aromatic nitrogens is 2. The smallest absolute Gasteiger partial charge is 0.0862 e. The molecule has 3 nitrogen and oxygen atoms in total. The molecule has 16 heavy (non-hydrogen) atoms. The predicted molar refractivity (Wildman–Crippen MR) is 68.1 cm³/mol. The minimum Gasteiger partial charge on any atom is -0.383 e. The number of hydrogen-bond acceptors (Lipinski definition) is 2. The van der Waals surface area contributed by atoms with Gasteiger partial charge in [-0.2, -0.15) is 5.10 Å². The van der Waals surface area contributed by atoms with E-state index in [-0.39, 0.29) is 0 Å². The van der Waals surface area contributed by atoms with Crippen LogP contribution in [0.5, 0.6) is 0 Å². The summed E-state index contributed by atoms with van der Waals surface area (Å²) in [4.78, 5) is 0. The molecule has 0 radical (unpaired) electrons. The maximum absolute atomic E-state index is 6.10. The molecule has 0 fully saturated rings. The fourth-order valence-corrected chi connectivity index (χ4v) is 1.87. The summed E-state index contributed by atoms with van der Waals surface area (Å²) >= 11 is 11.7. The second kappa shape index (κ2) is 6.94. The Kier molecular flexibility index (Phi) is 5.88. The predicted octanol–water partition coefficient (Wildman–Crippen LogP) is 3.22. The highest BCUT2D eigenvalue weighted by molar-refractivity contribution is 6.32. The SMILES string of the molecule is COCCn1ncc(Cl)c1C(C)=CCCCl. The average molecular weight is 263 g/mol. The van der Waals surface area contributed by atoms with Crippen molar-refractivity contribution >= 4 is 28.8 Å². The lowest BCUT2D eigenvalue weighted by Gasteiger charge is -2.07. The maximum Gasteiger partial charge on any atom is 0.0862 e. The van der Waals surface area contributed by atoms with Gasteiger partial charge in [0.25, 0.3) is 0 Å². The Morgan fingerprint density at radius 3 is 3.00 bits per heavy atom. The van der Waals surface area contributed by atoms with Gasteiger partial charge in [0.05, 0.1) is 30.1 Å². The topological polar surface area (TPSA) is 27.1 Å². The van der Waals surface area contributed by atoms with E-state index >= 15 is 0 Å². The maximum atomic E-state index is 6.10. The van der Waals surface area contributed by atoms with Crippen LogP contribution in [0.25, 0.3) is 5.57 Å². The molecule has 5 heteroatoms. The molecule has 0 spiro atoms. The van der Waals surface area contributed by atoms with Gasteiger partial charge in [-0.15, -0.1) is 11.6 Å². The first-order valence-corrected chi connectivity index (χ1v) is 6.05. The summed E-state index contributed by atoms with van der Waals surface area (Å²) in [6.45, 7) is 3.33. The standard InChI is InChI=1S/C11H16Cl2N2O/c1-9(4-3-5-12)11-10(13)8-14-15(11)6-7-16-2/h4,8H,3,5-7H2,1-2H3. The van der Waals surface area contributed by atoms with Crippen molar-refractivity contribution in [3.05, 3.63) is 23.0 Å². The molecular formula is C11H16Cl2N2O. The number of halogens is 2. The summed E-state index contributed by atoms with van der Waals surface area (Å²) in [5, 5.41) is 4.88. The fourth-order valence-electron chi connectivity index (χ4n) is 1.47. The molecule has 0 aromatic carbocycles. The van der Waals surface area contributed by atoms with E-state index in [1.165, 1.54) is 0 Å². The molecule has 0 saturated carbocycles. The molecule has 0 unspecified atom stereocenters. The van der Waals surface area contributed by atoms with Gasteiger partial charge in [-0.25, -0.2) is 0 Å². The third-order valence-corrected chi connectivity index (χ3v) is 2.73. The van der Waals surface area contributed by atoms with E-state index in [0.29, 0.717) is 24.1 Å². The Balaban J connectivity index is 2.87. The number of hydrogen-bond donors (Lipinski definition) is 0. The number of alkyl halides is 1. The molecule has 0 aliphatic heterocycles. The van der Waals surface area contributed by atoms with Crippen molar-refractivity contribution in [1.29, 1.82) is 0 Å². The van der Waals surface area contributed by atoms with E-state index in [2.05, 4.69) is 11.2 Å². The molecule has 1 heterocycles.